The number of aromatic nitrogens is 2. The van der Waals surface area contributed by atoms with Crippen LogP contribution in [-0.4, -0.2) is 63.0 Å². The van der Waals surface area contributed by atoms with Gasteiger partial charge in [0.15, 0.2) is 0 Å². The molecule has 0 radical (unpaired) electrons. The summed E-state index contributed by atoms with van der Waals surface area (Å²) in [5.74, 6) is 0.834. The standard InChI is InChI=1S/C20H22N4O2S/c25-19(14-27-17-4-2-1-3-5-17)24-12-15-6-7-16(24)13-23(11-15)20(26)18-10-21-8-9-22-18/h1-5,8-10,15-16H,6-7,11-14H2/t15-,16+/m0/s1. The molecule has 4 heterocycles. The van der Waals surface area contributed by atoms with E-state index in [1.54, 1.807) is 18.0 Å². The number of carbonyl (C=O) groups excluding carboxylic acids is 2. The Kier molecular flexibility index (Phi) is 5.38. The Bertz CT molecular complexity index is 802. The highest BCUT2D eigenvalue weighted by Crippen LogP contribution is 2.29. The number of fused-ring (bicyclic) bond motifs is 4. The number of hydrogen-bond acceptors (Lipinski definition) is 5. The summed E-state index contributed by atoms with van der Waals surface area (Å²) in [6, 6.07) is 10.1. The molecule has 0 spiro atoms. The average Bonchev–Trinajstić information content (AvgIpc) is 3.05. The summed E-state index contributed by atoms with van der Waals surface area (Å²) in [4.78, 5) is 38.7. The van der Waals surface area contributed by atoms with Crippen LogP contribution >= 0.6 is 11.8 Å². The van der Waals surface area contributed by atoms with Gasteiger partial charge in [0.1, 0.15) is 5.69 Å². The van der Waals surface area contributed by atoms with Gasteiger partial charge < -0.3 is 9.80 Å². The second-order valence-electron chi connectivity index (χ2n) is 7.05. The van der Waals surface area contributed by atoms with E-state index >= 15 is 0 Å². The number of hydrogen-bond donors (Lipinski definition) is 0. The van der Waals surface area contributed by atoms with Gasteiger partial charge >= 0.3 is 0 Å². The first-order chi connectivity index (χ1) is 13.2. The first kappa shape index (κ1) is 18.0. The third kappa shape index (κ3) is 4.13. The third-order valence-corrected chi connectivity index (χ3v) is 6.21. The van der Waals surface area contributed by atoms with E-state index < -0.39 is 0 Å². The summed E-state index contributed by atoms with van der Waals surface area (Å²) in [6.07, 6.45) is 6.62. The Morgan fingerprint density at radius 2 is 1.93 bits per heavy atom. The predicted octanol–water partition coefficient (Wildman–Crippen LogP) is 2.33. The molecule has 27 heavy (non-hydrogen) atoms. The number of carbonyl (C=O) groups is 2. The fraction of sp³-hybridized carbons (Fsp3) is 0.400. The maximum absolute atomic E-state index is 12.8. The van der Waals surface area contributed by atoms with Crippen LogP contribution in [0, 0.1) is 5.92 Å². The van der Waals surface area contributed by atoms with Gasteiger partial charge in [0.2, 0.25) is 5.91 Å². The minimum absolute atomic E-state index is 0.0899. The van der Waals surface area contributed by atoms with Gasteiger partial charge in [-0.25, -0.2) is 4.98 Å². The van der Waals surface area contributed by atoms with Gasteiger partial charge in [-0.3, -0.25) is 14.6 Å². The predicted molar refractivity (Wildman–Crippen MR) is 103 cm³/mol. The molecular formula is C20H22N4O2S. The number of nitrogens with zero attached hydrogens (tertiary/aromatic N) is 4. The van der Waals surface area contributed by atoms with Crippen LogP contribution in [0.3, 0.4) is 0 Å². The molecule has 0 saturated carbocycles. The maximum atomic E-state index is 12.8. The van der Waals surface area contributed by atoms with Crippen molar-refractivity contribution >= 4 is 23.6 Å². The number of benzene rings is 1. The smallest absolute Gasteiger partial charge is 0.274 e. The molecule has 5 rings (SSSR count). The lowest BCUT2D eigenvalue weighted by Gasteiger charge is -2.36. The van der Waals surface area contributed by atoms with Crippen molar-refractivity contribution in [1.82, 2.24) is 19.8 Å². The molecule has 3 aliphatic rings. The van der Waals surface area contributed by atoms with E-state index in [0.29, 0.717) is 30.5 Å². The quantitative estimate of drug-likeness (QED) is 0.760. The maximum Gasteiger partial charge on any atom is 0.274 e. The van der Waals surface area contributed by atoms with Gasteiger partial charge in [-0.2, -0.15) is 0 Å². The lowest BCUT2D eigenvalue weighted by Crippen LogP contribution is -2.48. The zero-order chi connectivity index (χ0) is 18.6. The topological polar surface area (TPSA) is 66.4 Å². The van der Waals surface area contributed by atoms with Crippen LogP contribution in [0.15, 0.2) is 53.8 Å². The Balaban J connectivity index is 1.42. The van der Waals surface area contributed by atoms with Crippen molar-refractivity contribution in [3.63, 3.8) is 0 Å². The monoisotopic (exact) mass is 382 g/mol. The van der Waals surface area contributed by atoms with E-state index in [4.69, 9.17) is 0 Å². The van der Waals surface area contributed by atoms with Crippen molar-refractivity contribution in [3.8, 4) is 0 Å². The lowest BCUT2D eigenvalue weighted by atomic mass is 9.95. The van der Waals surface area contributed by atoms with Crippen LogP contribution in [0.5, 0.6) is 0 Å². The van der Waals surface area contributed by atoms with E-state index in [2.05, 4.69) is 9.97 Å². The molecular weight excluding hydrogens is 360 g/mol. The number of amides is 2. The van der Waals surface area contributed by atoms with Crippen LogP contribution < -0.4 is 0 Å². The molecule has 2 bridgehead atoms. The molecule has 7 heteroatoms. The zero-order valence-corrected chi connectivity index (χ0v) is 15.8. The van der Waals surface area contributed by atoms with E-state index in [1.807, 2.05) is 40.1 Å². The van der Waals surface area contributed by atoms with Crippen LogP contribution in [0.2, 0.25) is 0 Å². The van der Waals surface area contributed by atoms with E-state index in [9.17, 15) is 9.59 Å². The number of rotatable bonds is 4. The lowest BCUT2D eigenvalue weighted by molar-refractivity contribution is -0.132. The van der Waals surface area contributed by atoms with E-state index in [0.717, 1.165) is 24.3 Å². The summed E-state index contributed by atoms with van der Waals surface area (Å²) >= 11 is 1.57. The van der Waals surface area contributed by atoms with Gasteiger partial charge in [0.25, 0.3) is 5.91 Å². The Morgan fingerprint density at radius 3 is 2.70 bits per heavy atom. The molecule has 3 fully saturated rings. The van der Waals surface area contributed by atoms with Crippen LogP contribution in [0.4, 0.5) is 0 Å². The summed E-state index contributed by atoms with van der Waals surface area (Å²) in [5.41, 5.74) is 0.372. The van der Waals surface area contributed by atoms with Crippen molar-refractivity contribution in [3.05, 3.63) is 54.6 Å². The molecule has 6 nitrogen and oxygen atoms in total. The highest BCUT2D eigenvalue weighted by atomic mass is 32.2. The highest BCUT2D eigenvalue weighted by Gasteiger charge is 2.38. The second-order valence-corrected chi connectivity index (χ2v) is 8.09. The minimum atomic E-state index is -0.0899. The Morgan fingerprint density at radius 1 is 1.07 bits per heavy atom. The van der Waals surface area contributed by atoms with E-state index in [1.165, 1.54) is 12.4 Å². The second kappa shape index (κ2) is 8.08. The van der Waals surface area contributed by atoms with E-state index in [-0.39, 0.29) is 17.9 Å². The molecule has 1 aromatic heterocycles. The van der Waals surface area contributed by atoms with Crippen molar-refractivity contribution in [2.75, 3.05) is 25.4 Å². The fourth-order valence-corrected chi connectivity index (χ4v) is 4.67. The molecule has 0 unspecified atom stereocenters. The Hall–Kier alpha value is -2.41. The molecule has 2 amide bonds. The molecule has 2 atom stereocenters. The summed E-state index contributed by atoms with van der Waals surface area (Å²) in [6.45, 7) is 2.00. The number of thioether (sulfide) groups is 1. The zero-order valence-electron chi connectivity index (χ0n) is 15.0. The highest BCUT2D eigenvalue weighted by molar-refractivity contribution is 8.00. The molecule has 3 saturated heterocycles. The van der Waals surface area contributed by atoms with Gasteiger partial charge in [0, 0.05) is 43.0 Å². The summed E-state index contributed by atoms with van der Waals surface area (Å²) in [7, 11) is 0. The number of piperidine rings is 1. The van der Waals surface area contributed by atoms with Gasteiger partial charge in [-0.15, -0.1) is 11.8 Å². The van der Waals surface area contributed by atoms with Crippen molar-refractivity contribution < 1.29 is 9.59 Å². The SMILES string of the molecule is O=C(c1cnccn1)N1C[C@@H]2CC[C@H](C1)N(C(=O)CSc1ccccc1)C2. The minimum Gasteiger partial charge on any atom is -0.337 e. The first-order valence-electron chi connectivity index (χ1n) is 9.23. The summed E-state index contributed by atoms with van der Waals surface area (Å²) < 4.78 is 0. The largest absolute Gasteiger partial charge is 0.337 e. The van der Waals surface area contributed by atoms with Crippen LogP contribution in [-0.2, 0) is 4.79 Å². The molecule has 0 aliphatic carbocycles. The average molecular weight is 382 g/mol. The first-order valence-corrected chi connectivity index (χ1v) is 10.2. The van der Waals surface area contributed by atoms with Gasteiger partial charge in [-0.1, -0.05) is 18.2 Å². The van der Waals surface area contributed by atoms with Gasteiger partial charge in [-0.05, 0) is 30.9 Å². The molecule has 2 aromatic rings. The molecule has 1 aromatic carbocycles. The van der Waals surface area contributed by atoms with Crippen molar-refractivity contribution in [2.45, 2.75) is 23.8 Å². The molecule has 140 valence electrons. The Labute approximate surface area is 163 Å². The van der Waals surface area contributed by atoms with Crippen molar-refractivity contribution in [1.29, 1.82) is 0 Å². The van der Waals surface area contributed by atoms with Crippen LogP contribution in [0.1, 0.15) is 23.3 Å². The van der Waals surface area contributed by atoms with Crippen molar-refractivity contribution in [2.24, 2.45) is 5.92 Å². The molecule has 3 aliphatic heterocycles. The third-order valence-electron chi connectivity index (χ3n) is 5.21. The normalized spacial score (nSPS) is 21.8. The molecule has 0 N–H and O–H groups in total. The fourth-order valence-electron chi connectivity index (χ4n) is 3.87. The van der Waals surface area contributed by atoms with Gasteiger partial charge in [0.05, 0.1) is 11.9 Å². The van der Waals surface area contributed by atoms with Crippen LogP contribution in [0.25, 0.3) is 0 Å². The summed E-state index contributed by atoms with van der Waals surface area (Å²) in [5, 5.41) is 0.